The molecular weight excluding hydrogens is 545 g/mol. The van der Waals surface area contributed by atoms with Crippen LogP contribution in [0.2, 0.25) is 0 Å². The molecule has 0 bridgehead atoms. The van der Waals surface area contributed by atoms with E-state index in [-0.39, 0.29) is 43.3 Å². The van der Waals surface area contributed by atoms with Gasteiger partial charge in [-0.25, -0.2) is 0 Å². The van der Waals surface area contributed by atoms with Gasteiger partial charge >= 0.3 is 182 Å². The third-order valence-corrected chi connectivity index (χ3v) is 9.85. The number of Topliss-reactive ketones (excluding diaryl/α,β-unsaturated/α-hetero) is 2. The van der Waals surface area contributed by atoms with Crippen LogP contribution in [-0.2, 0) is 5.41 Å². The first-order valence-corrected chi connectivity index (χ1v) is 15.6. The molecule has 3 aromatic carbocycles. The summed E-state index contributed by atoms with van der Waals surface area (Å²) < 4.78 is 0. The molecule has 0 saturated heterocycles. The molecule has 0 N–H and O–H groups in total. The van der Waals surface area contributed by atoms with Crippen molar-refractivity contribution in [1.29, 1.82) is 0 Å². The third kappa shape index (κ3) is 3.92. The molecule has 0 spiro atoms. The van der Waals surface area contributed by atoms with Crippen molar-refractivity contribution in [2.24, 2.45) is 0 Å². The molecule has 6 rings (SSSR count). The number of ketones is 2. The Labute approximate surface area is 236 Å². The molecule has 3 nitrogen and oxygen atoms in total. The molecular formula is C35H33NO2Se. The van der Waals surface area contributed by atoms with Crippen LogP contribution in [0, 0.1) is 0 Å². The fourth-order valence-corrected chi connectivity index (χ4v) is 7.87. The first-order chi connectivity index (χ1) is 18.6. The Morgan fingerprint density at radius 2 is 1.23 bits per heavy atom. The van der Waals surface area contributed by atoms with Crippen LogP contribution in [0.15, 0.2) is 76.1 Å². The van der Waals surface area contributed by atoms with Gasteiger partial charge in [0.1, 0.15) is 0 Å². The van der Waals surface area contributed by atoms with Gasteiger partial charge in [0.15, 0.2) is 0 Å². The molecule has 2 heterocycles. The van der Waals surface area contributed by atoms with E-state index in [1.807, 2.05) is 16.0 Å². The van der Waals surface area contributed by atoms with Gasteiger partial charge in [0.2, 0.25) is 0 Å². The number of rotatable bonds is 4. The predicted octanol–water partition coefficient (Wildman–Crippen LogP) is 8.56. The first-order valence-electron chi connectivity index (χ1n) is 13.7. The molecule has 39 heavy (non-hydrogen) atoms. The van der Waals surface area contributed by atoms with Crippen LogP contribution in [0.1, 0.15) is 102 Å². The normalized spacial score (nSPS) is 15.6. The molecule has 4 aromatic rings. The van der Waals surface area contributed by atoms with E-state index in [0.717, 1.165) is 16.8 Å². The number of nitrogens with zero attached hydrogens (tertiary/aromatic N) is 1. The number of para-hydroxylation sites is 2. The summed E-state index contributed by atoms with van der Waals surface area (Å²) in [6.45, 7) is 13.4. The van der Waals surface area contributed by atoms with Crippen molar-refractivity contribution in [2.75, 3.05) is 4.90 Å². The van der Waals surface area contributed by atoms with Gasteiger partial charge in [-0.3, -0.25) is 0 Å². The molecule has 0 fully saturated rings. The number of benzene rings is 3. The van der Waals surface area contributed by atoms with Gasteiger partial charge < -0.3 is 0 Å². The van der Waals surface area contributed by atoms with Crippen LogP contribution < -0.4 is 4.90 Å². The number of hydrogen-bond acceptors (Lipinski definition) is 3. The Bertz CT molecular complexity index is 1600. The molecule has 1 aromatic heterocycles. The Morgan fingerprint density at radius 3 is 1.74 bits per heavy atom. The van der Waals surface area contributed by atoms with E-state index in [2.05, 4.69) is 107 Å². The topological polar surface area (TPSA) is 37.4 Å². The van der Waals surface area contributed by atoms with E-state index in [9.17, 15) is 9.59 Å². The van der Waals surface area contributed by atoms with Crippen molar-refractivity contribution in [2.45, 2.75) is 58.8 Å². The monoisotopic (exact) mass is 579 g/mol. The fraction of sp³-hybridized carbons (Fsp3) is 0.257. The standard InChI is InChI=1S/C35H33NO2Se/c1-20(2)23-17-32(36-30-13-9-7-11-28(30)35(5,6)29-12-8-10-14-31(29)36)24(21(3)4)15-22(23)16-25-33(37)26-18-39-19-27(26)34(25)38/h7-21H,1-6H3. The molecule has 1 aliphatic carbocycles. The number of anilines is 3. The Hall–Kier alpha value is -3.46. The molecule has 0 radical (unpaired) electrons. The Kier molecular flexibility index (Phi) is 6.17. The Balaban J connectivity index is 1.60. The average molecular weight is 579 g/mol. The summed E-state index contributed by atoms with van der Waals surface area (Å²) in [7, 11) is 0. The van der Waals surface area contributed by atoms with E-state index in [1.54, 1.807) is 0 Å². The minimum atomic E-state index is -0.128. The van der Waals surface area contributed by atoms with Gasteiger partial charge in [0.05, 0.1) is 0 Å². The number of carbonyl (C=O) groups is 2. The van der Waals surface area contributed by atoms with Crippen LogP contribution in [0.4, 0.5) is 17.1 Å². The zero-order valence-electron chi connectivity index (χ0n) is 23.3. The molecule has 0 atom stereocenters. The molecule has 0 saturated carbocycles. The van der Waals surface area contributed by atoms with Gasteiger partial charge in [0.25, 0.3) is 0 Å². The summed E-state index contributed by atoms with van der Waals surface area (Å²) in [6.07, 6.45) is 1.85. The van der Waals surface area contributed by atoms with Crippen molar-refractivity contribution in [3.05, 3.63) is 115 Å². The maximum absolute atomic E-state index is 13.2. The average Bonchev–Trinajstić information content (AvgIpc) is 3.48. The van der Waals surface area contributed by atoms with E-state index in [1.165, 1.54) is 28.1 Å². The third-order valence-electron chi connectivity index (χ3n) is 8.29. The van der Waals surface area contributed by atoms with Gasteiger partial charge in [0, 0.05) is 5.41 Å². The van der Waals surface area contributed by atoms with Gasteiger partial charge in [-0.05, 0) is 0 Å². The zero-order chi connectivity index (χ0) is 27.6. The second-order valence-electron chi connectivity index (χ2n) is 11.8. The summed E-state index contributed by atoms with van der Waals surface area (Å²) in [5.74, 6) is 0.180. The second kappa shape index (κ2) is 9.33. The number of carbonyl (C=O) groups excluding carboxylic acids is 2. The van der Waals surface area contributed by atoms with E-state index in [0.29, 0.717) is 16.7 Å². The van der Waals surface area contributed by atoms with Crippen LogP contribution in [-0.4, -0.2) is 26.1 Å². The number of fused-ring (bicyclic) bond motifs is 3. The first kappa shape index (κ1) is 25.8. The molecule has 2 aliphatic rings. The molecule has 1 aliphatic heterocycles. The van der Waals surface area contributed by atoms with Crippen LogP contribution >= 0.6 is 0 Å². The summed E-state index contributed by atoms with van der Waals surface area (Å²) in [4.78, 5) is 32.6. The zero-order valence-corrected chi connectivity index (χ0v) is 25.0. The van der Waals surface area contributed by atoms with E-state index < -0.39 is 0 Å². The summed E-state index contributed by atoms with van der Waals surface area (Å²) in [6, 6.07) is 21.9. The van der Waals surface area contributed by atoms with Gasteiger partial charge in [-0.1, -0.05) is 50.2 Å². The van der Waals surface area contributed by atoms with Gasteiger partial charge in [-0.15, -0.1) is 0 Å². The van der Waals surface area contributed by atoms with Crippen molar-refractivity contribution in [3.8, 4) is 0 Å². The second-order valence-corrected chi connectivity index (χ2v) is 13.3. The van der Waals surface area contributed by atoms with Crippen LogP contribution in [0.3, 0.4) is 0 Å². The molecule has 4 heteroatoms. The summed E-state index contributed by atoms with van der Waals surface area (Å²) in [5, 5.41) is 0. The SMILES string of the molecule is CC(C)c1cc(N2c3ccccc3C(C)(C)c3ccccc32)c(C(C)C)cc1C=C1C(=O)c2c[se]cc2C1=O. The summed E-state index contributed by atoms with van der Waals surface area (Å²) in [5.41, 5.74) is 10.8. The predicted molar refractivity (Wildman–Crippen MR) is 161 cm³/mol. The van der Waals surface area contributed by atoms with E-state index >= 15 is 0 Å². The maximum atomic E-state index is 13.2. The Morgan fingerprint density at radius 1 is 0.718 bits per heavy atom. The van der Waals surface area contributed by atoms with Crippen molar-refractivity contribution in [3.63, 3.8) is 0 Å². The van der Waals surface area contributed by atoms with Crippen molar-refractivity contribution < 1.29 is 9.59 Å². The molecule has 0 amide bonds. The summed E-state index contributed by atoms with van der Waals surface area (Å²) >= 11 is 0.104. The quantitative estimate of drug-likeness (QED) is 0.138. The minimum absolute atomic E-state index is 0.104. The number of allylic oxidation sites excluding steroid dienone is 1. The van der Waals surface area contributed by atoms with Gasteiger partial charge in [-0.2, -0.15) is 0 Å². The van der Waals surface area contributed by atoms with Crippen LogP contribution in [0.5, 0.6) is 0 Å². The van der Waals surface area contributed by atoms with Crippen LogP contribution in [0.25, 0.3) is 6.08 Å². The number of hydrogen-bond donors (Lipinski definition) is 0. The fourth-order valence-electron chi connectivity index (χ4n) is 6.18. The molecule has 196 valence electrons. The van der Waals surface area contributed by atoms with Crippen molar-refractivity contribution in [1.82, 2.24) is 0 Å². The van der Waals surface area contributed by atoms with Crippen molar-refractivity contribution >= 4 is 49.2 Å². The molecule has 0 unspecified atom stereocenters. The van der Waals surface area contributed by atoms with E-state index in [4.69, 9.17) is 0 Å².